The predicted molar refractivity (Wildman–Crippen MR) is 83.3 cm³/mol. The highest BCUT2D eigenvalue weighted by Crippen LogP contribution is 2.27. The normalized spacial score (nSPS) is 27.4. The van der Waals surface area contributed by atoms with Gasteiger partial charge in [0.15, 0.2) is 0 Å². The van der Waals surface area contributed by atoms with E-state index >= 15 is 0 Å². The first-order chi connectivity index (χ1) is 10.6. The largest absolute Gasteiger partial charge is 0.461 e. The second kappa shape index (κ2) is 8.51. The molecule has 0 heterocycles. The highest BCUT2D eigenvalue weighted by atomic mass is 16.5. The fourth-order valence-corrected chi connectivity index (χ4v) is 3.53. The van der Waals surface area contributed by atoms with Crippen molar-refractivity contribution in [3.63, 3.8) is 0 Å². The van der Waals surface area contributed by atoms with Crippen LogP contribution in [0.5, 0.6) is 0 Å². The zero-order chi connectivity index (χ0) is 15.9. The van der Waals surface area contributed by atoms with Crippen LogP contribution in [0.2, 0.25) is 0 Å². The quantitative estimate of drug-likeness (QED) is 0.766. The molecule has 3 unspecified atom stereocenters. The molecule has 5 heteroatoms. The Hall–Kier alpha value is -1.10. The maximum Gasteiger partial charge on any atom is 0.328 e. The summed E-state index contributed by atoms with van der Waals surface area (Å²) in [5.41, 5.74) is 0. The SMILES string of the molecule is COC1CCCC(OC(=O)C(C)NC(=O)CC2CCCC2)C1. The summed E-state index contributed by atoms with van der Waals surface area (Å²) < 4.78 is 10.9. The van der Waals surface area contributed by atoms with Gasteiger partial charge < -0.3 is 14.8 Å². The lowest BCUT2D eigenvalue weighted by Gasteiger charge is -2.28. The van der Waals surface area contributed by atoms with Crippen molar-refractivity contribution in [3.8, 4) is 0 Å². The second-order valence-corrected chi connectivity index (χ2v) is 6.73. The van der Waals surface area contributed by atoms with Crippen molar-refractivity contribution in [1.82, 2.24) is 5.32 Å². The van der Waals surface area contributed by atoms with Crippen LogP contribution in [0.3, 0.4) is 0 Å². The summed E-state index contributed by atoms with van der Waals surface area (Å²) in [5.74, 6) is 0.125. The highest BCUT2D eigenvalue weighted by Gasteiger charge is 2.27. The van der Waals surface area contributed by atoms with Crippen molar-refractivity contribution in [2.45, 2.75) is 83.0 Å². The van der Waals surface area contributed by atoms with Crippen molar-refractivity contribution < 1.29 is 19.1 Å². The molecule has 3 atom stereocenters. The van der Waals surface area contributed by atoms with Gasteiger partial charge in [0.25, 0.3) is 0 Å². The fraction of sp³-hybridized carbons (Fsp3) is 0.882. The smallest absolute Gasteiger partial charge is 0.328 e. The van der Waals surface area contributed by atoms with Crippen LogP contribution in [-0.2, 0) is 19.1 Å². The average Bonchev–Trinajstić information content (AvgIpc) is 3.00. The number of methoxy groups -OCH3 is 1. The van der Waals surface area contributed by atoms with Gasteiger partial charge in [-0.05, 0) is 44.9 Å². The number of rotatable bonds is 6. The molecule has 2 aliphatic rings. The molecule has 1 N–H and O–H groups in total. The molecule has 0 aromatic carbocycles. The van der Waals surface area contributed by atoms with Crippen LogP contribution >= 0.6 is 0 Å². The van der Waals surface area contributed by atoms with E-state index in [-0.39, 0.29) is 24.1 Å². The Balaban J connectivity index is 1.70. The first kappa shape index (κ1) is 17.3. The van der Waals surface area contributed by atoms with Crippen LogP contribution < -0.4 is 5.32 Å². The lowest BCUT2D eigenvalue weighted by molar-refractivity contribution is -0.156. The Morgan fingerprint density at radius 2 is 1.77 bits per heavy atom. The summed E-state index contributed by atoms with van der Waals surface area (Å²) >= 11 is 0. The van der Waals surface area contributed by atoms with Crippen LogP contribution in [-0.4, -0.2) is 37.2 Å². The molecule has 0 spiro atoms. The number of hydrogen-bond acceptors (Lipinski definition) is 4. The van der Waals surface area contributed by atoms with Gasteiger partial charge in [-0.25, -0.2) is 4.79 Å². The average molecular weight is 311 g/mol. The number of esters is 1. The third-order valence-corrected chi connectivity index (χ3v) is 4.87. The number of amides is 1. The molecule has 2 aliphatic carbocycles. The summed E-state index contributed by atoms with van der Waals surface area (Å²) in [6.45, 7) is 1.70. The van der Waals surface area contributed by atoms with E-state index in [4.69, 9.17) is 9.47 Å². The highest BCUT2D eigenvalue weighted by molar-refractivity contribution is 5.84. The van der Waals surface area contributed by atoms with E-state index in [2.05, 4.69) is 5.32 Å². The van der Waals surface area contributed by atoms with E-state index in [1.54, 1.807) is 14.0 Å². The molecule has 0 saturated heterocycles. The fourth-order valence-electron chi connectivity index (χ4n) is 3.53. The molecule has 22 heavy (non-hydrogen) atoms. The van der Waals surface area contributed by atoms with E-state index in [9.17, 15) is 9.59 Å². The maximum atomic E-state index is 12.1. The van der Waals surface area contributed by atoms with Crippen LogP contribution in [0.15, 0.2) is 0 Å². The van der Waals surface area contributed by atoms with E-state index in [0.717, 1.165) is 38.5 Å². The first-order valence-corrected chi connectivity index (χ1v) is 8.61. The standard InChI is InChI=1S/C17H29NO4/c1-12(18-16(19)10-13-6-3-4-7-13)17(20)22-15-9-5-8-14(11-15)21-2/h12-15H,3-11H2,1-2H3,(H,18,19). The summed E-state index contributed by atoms with van der Waals surface area (Å²) in [4.78, 5) is 24.1. The van der Waals surface area contributed by atoms with Crippen LogP contribution in [0.4, 0.5) is 0 Å². The van der Waals surface area contributed by atoms with Crippen LogP contribution in [0.1, 0.15) is 64.7 Å². The molecule has 2 saturated carbocycles. The lowest BCUT2D eigenvalue weighted by atomic mass is 9.95. The molecule has 5 nitrogen and oxygen atoms in total. The van der Waals surface area contributed by atoms with E-state index in [0.29, 0.717) is 12.3 Å². The number of hydrogen-bond donors (Lipinski definition) is 1. The minimum Gasteiger partial charge on any atom is -0.461 e. The first-order valence-electron chi connectivity index (χ1n) is 8.61. The molecular formula is C17H29NO4. The molecule has 1 amide bonds. The zero-order valence-corrected chi connectivity index (χ0v) is 13.8. The van der Waals surface area contributed by atoms with Gasteiger partial charge >= 0.3 is 5.97 Å². The summed E-state index contributed by atoms with van der Waals surface area (Å²) in [6.07, 6.45) is 9.01. The molecular weight excluding hydrogens is 282 g/mol. The van der Waals surface area contributed by atoms with Crippen molar-refractivity contribution in [2.75, 3.05) is 7.11 Å². The zero-order valence-electron chi connectivity index (χ0n) is 13.8. The van der Waals surface area contributed by atoms with Gasteiger partial charge in [0.2, 0.25) is 5.91 Å². The lowest BCUT2D eigenvalue weighted by Crippen LogP contribution is -2.42. The van der Waals surface area contributed by atoms with Gasteiger partial charge in [-0.3, -0.25) is 4.79 Å². The minimum atomic E-state index is -0.572. The van der Waals surface area contributed by atoms with Gasteiger partial charge in [0, 0.05) is 20.0 Å². The number of carbonyl (C=O) groups is 2. The van der Waals surface area contributed by atoms with Gasteiger partial charge in [0.1, 0.15) is 12.1 Å². The molecule has 0 aliphatic heterocycles. The van der Waals surface area contributed by atoms with Crippen molar-refractivity contribution >= 4 is 11.9 Å². The van der Waals surface area contributed by atoms with E-state index in [1.807, 2.05) is 0 Å². The van der Waals surface area contributed by atoms with Crippen molar-refractivity contribution in [2.24, 2.45) is 5.92 Å². The Morgan fingerprint density at radius 3 is 2.45 bits per heavy atom. The van der Waals surface area contributed by atoms with Gasteiger partial charge in [-0.15, -0.1) is 0 Å². The molecule has 0 aromatic rings. The third kappa shape index (κ3) is 5.27. The summed E-state index contributed by atoms with van der Waals surface area (Å²) in [7, 11) is 1.70. The molecule has 126 valence electrons. The van der Waals surface area contributed by atoms with Crippen LogP contribution in [0, 0.1) is 5.92 Å². The number of carbonyl (C=O) groups excluding carboxylic acids is 2. The number of ether oxygens (including phenoxy) is 2. The monoisotopic (exact) mass is 311 g/mol. The summed E-state index contributed by atoms with van der Waals surface area (Å²) in [6, 6.07) is -0.572. The van der Waals surface area contributed by atoms with Gasteiger partial charge in [-0.2, -0.15) is 0 Å². The third-order valence-electron chi connectivity index (χ3n) is 4.87. The summed E-state index contributed by atoms with van der Waals surface area (Å²) in [5, 5.41) is 2.78. The molecule has 2 rings (SSSR count). The van der Waals surface area contributed by atoms with Crippen molar-refractivity contribution in [1.29, 1.82) is 0 Å². The molecule has 2 fully saturated rings. The van der Waals surface area contributed by atoms with Crippen LogP contribution in [0.25, 0.3) is 0 Å². The molecule has 0 bridgehead atoms. The Kier molecular flexibility index (Phi) is 6.68. The minimum absolute atomic E-state index is 0.0326. The van der Waals surface area contributed by atoms with Crippen molar-refractivity contribution in [3.05, 3.63) is 0 Å². The Labute approximate surface area is 133 Å². The Bertz CT molecular complexity index is 379. The molecule has 0 radical (unpaired) electrons. The Morgan fingerprint density at radius 1 is 1.09 bits per heavy atom. The predicted octanol–water partition coefficient (Wildman–Crippen LogP) is 2.57. The van der Waals surface area contributed by atoms with Gasteiger partial charge in [-0.1, -0.05) is 12.8 Å². The molecule has 0 aromatic heterocycles. The topological polar surface area (TPSA) is 64.6 Å². The number of nitrogens with one attached hydrogen (secondary N) is 1. The second-order valence-electron chi connectivity index (χ2n) is 6.73. The van der Waals surface area contributed by atoms with Gasteiger partial charge in [0.05, 0.1) is 6.10 Å². The van der Waals surface area contributed by atoms with E-state index < -0.39 is 6.04 Å². The van der Waals surface area contributed by atoms with E-state index in [1.165, 1.54) is 12.8 Å². The maximum absolute atomic E-state index is 12.1.